The van der Waals surface area contributed by atoms with Gasteiger partial charge in [0, 0.05) is 25.4 Å². The average Bonchev–Trinajstić information content (AvgIpc) is 3.25. The summed E-state index contributed by atoms with van der Waals surface area (Å²) in [5.74, 6) is 2.28. The highest BCUT2D eigenvalue weighted by Crippen LogP contribution is 2.30. The summed E-state index contributed by atoms with van der Waals surface area (Å²) in [6.45, 7) is 3.22. The Morgan fingerprint density at radius 1 is 1.24 bits per heavy atom. The van der Waals surface area contributed by atoms with E-state index in [4.69, 9.17) is 9.26 Å². The summed E-state index contributed by atoms with van der Waals surface area (Å²) in [7, 11) is 1.61. The van der Waals surface area contributed by atoms with E-state index >= 15 is 0 Å². The summed E-state index contributed by atoms with van der Waals surface area (Å²) in [6.07, 6.45) is 7.16. The third-order valence-corrected chi connectivity index (χ3v) is 6.17. The van der Waals surface area contributed by atoms with Crippen LogP contribution in [0.3, 0.4) is 0 Å². The van der Waals surface area contributed by atoms with Crippen LogP contribution in [-0.2, 0) is 11.2 Å². The zero-order valence-corrected chi connectivity index (χ0v) is 17.1. The lowest BCUT2D eigenvalue weighted by molar-refractivity contribution is -0.121. The number of nitrogens with one attached hydrogen (secondary N) is 1. The smallest absolute Gasteiger partial charge is 0.227 e. The molecule has 2 fully saturated rings. The number of fused-ring (bicyclic) bond motifs is 1. The van der Waals surface area contributed by atoms with Crippen LogP contribution < -0.4 is 10.1 Å². The van der Waals surface area contributed by atoms with Crippen LogP contribution >= 0.6 is 0 Å². The van der Waals surface area contributed by atoms with Crippen molar-refractivity contribution in [3.05, 3.63) is 30.2 Å². The molecular formula is C22H30N4O3. The number of carbonyl (C=O) groups is 1. The summed E-state index contributed by atoms with van der Waals surface area (Å²) >= 11 is 0. The molecule has 4 rings (SSSR count). The monoisotopic (exact) mass is 398 g/mol. The number of aromatic nitrogens is 2. The molecule has 1 aromatic carbocycles. The summed E-state index contributed by atoms with van der Waals surface area (Å²) in [5.41, 5.74) is 0.781. The van der Waals surface area contributed by atoms with Gasteiger partial charge in [-0.05, 0) is 56.8 Å². The highest BCUT2D eigenvalue weighted by atomic mass is 16.5. The first-order chi connectivity index (χ1) is 14.2. The fourth-order valence-corrected chi connectivity index (χ4v) is 4.66. The van der Waals surface area contributed by atoms with E-state index in [0.717, 1.165) is 12.1 Å². The maximum Gasteiger partial charge on any atom is 0.227 e. The molecule has 2 saturated heterocycles. The van der Waals surface area contributed by atoms with Crippen LogP contribution in [-0.4, -0.2) is 53.7 Å². The van der Waals surface area contributed by atoms with Crippen molar-refractivity contribution in [3.8, 4) is 17.1 Å². The molecule has 7 heteroatoms. The molecule has 2 aliphatic heterocycles. The highest BCUT2D eigenvalue weighted by Gasteiger charge is 2.32. The molecule has 0 spiro atoms. The van der Waals surface area contributed by atoms with Gasteiger partial charge < -0.3 is 19.5 Å². The van der Waals surface area contributed by atoms with Gasteiger partial charge in [0.25, 0.3) is 0 Å². The van der Waals surface area contributed by atoms with E-state index in [2.05, 4.69) is 20.4 Å². The number of amides is 1. The third-order valence-electron chi connectivity index (χ3n) is 6.17. The first-order valence-corrected chi connectivity index (χ1v) is 10.7. The Kier molecular flexibility index (Phi) is 6.44. The van der Waals surface area contributed by atoms with Gasteiger partial charge >= 0.3 is 0 Å². The van der Waals surface area contributed by atoms with Crippen molar-refractivity contribution in [2.75, 3.05) is 26.7 Å². The first kappa shape index (κ1) is 19.9. The lowest BCUT2D eigenvalue weighted by atomic mass is 9.83. The van der Waals surface area contributed by atoms with Crippen molar-refractivity contribution in [3.63, 3.8) is 0 Å². The van der Waals surface area contributed by atoms with Crippen LogP contribution in [0, 0.1) is 5.92 Å². The molecule has 0 saturated carbocycles. The van der Waals surface area contributed by atoms with E-state index in [0.29, 0.717) is 42.3 Å². The Morgan fingerprint density at radius 2 is 2.10 bits per heavy atom. The van der Waals surface area contributed by atoms with Gasteiger partial charge in [-0.2, -0.15) is 4.98 Å². The molecule has 1 aromatic heterocycles. The molecule has 156 valence electrons. The molecule has 7 nitrogen and oxygen atoms in total. The topological polar surface area (TPSA) is 80.5 Å². The molecule has 3 heterocycles. The second-order valence-corrected chi connectivity index (χ2v) is 8.02. The summed E-state index contributed by atoms with van der Waals surface area (Å²) in [5, 5.41) is 7.17. The van der Waals surface area contributed by atoms with Gasteiger partial charge in [0.2, 0.25) is 17.6 Å². The second-order valence-electron chi connectivity index (χ2n) is 8.02. The molecule has 0 radical (unpaired) electrons. The summed E-state index contributed by atoms with van der Waals surface area (Å²) in [6, 6.07) is 8.19. The second kappa shape index (κ2) is 9.39. The van der Waals surface area contributed by atoms with Gasteiger partial charge in [-0.3, -0.25) is 4.79 Å². The zero-order chi connectivity index (χ0) is 20.1. The Bertz CT molecular complexity index is 820. The maximum atomic E-state index is 12.4. The molecule has 0 bridgehead atoms. The predicted octanol–water partition coefficient (Wildman–Crippen LogP) is 3.06. The molecule has 0 unspecified atom stereocenters. The normalized spacial score (nSPS) is 22.1. The van der Waals surface area contributed by atoms with Crippen molar-refractivity contribution in [1.82, 2.24) is 20.4 Å². The largest absolute Gasteiger partial charge is 0.496 e. The number of ether oxygens (including phenoxy) is 1. The molecule has 2 aliphatic rings. The first-order valence-electron chi connectivity index (χ1n) is 10.7. The number of aryl methyl sites for hydroxylation is 1. The van der Waals surface area contributed by atoms with Gasteiger partial charge in [-0.1, -0.05) is 23.7 Å². The summed E-state index contributed by atoms with van der Waals surface area (Å²) in [4.78, 5) is 19.4. The van der Waals surface area contributed by atoms with Gasteiger partial charge in [0.05, 0.1) is 12.7 Å². The Morgan fingerprint density at radius 3 is 3.00 bits per heavy atom. The van der Waals surface area contributed by atoms with Crippen LogP contribution in [0.1, 0.15) is 44.4 Å². The Labute approximate surface area is 171 Å². The minimum absolute atomic E-state index is 0.0509. The Hall–Kier alpha value is -2.41. The zero-order valence-electron chi connectivity index (χ0n) is 17.1. The van der Waals surface area contributed by atoms with E-state index in [9.17, 15) is 4.79 Å². The highest BCUT2D eigenvalue weighted by molar-refractivity contribution is 5.76. The van der Waals surface area contributed by atoms with Gasteiger partial charge in [0.1, 0.15) is 5.75 Å². The van der Waals surface area contributed by atoms with Crippen molar-refractivity contribution in [2.24, 2.45) is 5.92 Å². The fraction of sp³-hybridized carbons (Fsp3) is 0.591. The Balaban J connectivity index is 1.26. The lowest BCUT2D eigenvalue weighted by Gasteiger charge is -2.44. The molecule has 1 N–H and O–H groups in total. The predicted molar refractivity (Wildman–Crippen MR) is 110 cm³/mol. The lowest BCUT2D eigenvalue weighted by Crippen LogP contribution is -2.51. The van der Waals surface area contributed by atoms with Crippen molar-refractivity contribution in [2.45, 2.75) is 51.0 Å². The number of benzene rings is 1. The number of carbonyl (C=O) groups excluding carboxylic acids is 1. The van der Waals surface area contributed by atoms with Gasteiger partial charge in [-0.25, -0.2) is 0 Å². The van der Waals surface area contributed by atoms with Crippen LogP contribution in [0.15, 0.2) is 28.8 Å². The molecular weight excluding hydrogens is 368 g/mol. The average molecular weight is 399 g/mol. The maximum absolute atomic E-state index is 12.4. The molecule has 29 heavy (non-hydrogen) atoms. The van der Waals surface area contributed by atoms with E-state index in [1.54, 1.807) is 7.11 Å². The van der Waals surface area contributed by atoms with Crippen molar-refractivity contribution < 1.29 is 14.1 Å². The number of methoxy groups -OCH3 is 1. The number of hydrogen-bond acceptors (Lipinski definition) is 6. The van der Waals surface area contributed by atoms with Crippen LogP contribution in [0.5, 0.6) is 5.75 Å². The number of rotatable bonds is 7. The summed E-state index contributed by atoms with van der Waals surface area (Å²) < 4.78 is 10.7. The minimum Gasteiger partial charge on any atom is -0.496 e. The molecule has 2 aromatic rings. The third kappa shape index (κ3) is 4.78. The number of hydrogen-bond donors (Lipinski definition) is 1. The molecule has 0 aliphatic carbocycles. The van der Waals surface area contributed by atoms with Crippen LogP contribution in [0.25, 0.3) is 11.4 Å². The van der Waals surface area contributed by atoms with E-state index in [1.165, 1.54) is 45.2 Å². The van der Waals surface area contributed by atoms with E-state index in [1.807, 2.05) is 24.3 Å². The van der Waals surface area contributed by atoms with Crippen molar-refractivity contribution >= 4 is 5.91 Å². The van der Waals surface area contributed by atoms with Crippen molar-refractivity contribution in [1.29, 1.82) is 0 Å². The quantitative estimate of drug-likeness (QED) is 0.772. The van der Waals surface area contributed by atoms with Gasteiger partial charge in [-0.15, -0.1) is 0 Å². The van der Waals surface area contributed by atoms with Crippen LogP contribution in [0.4, 0.5) is 0 Å². The number of nitrogens with zero attached hydrogens (tertiary/aromatic N) is 3. The molecule has 2 atom stereocenters. The fourth-order valence-electron chi connectivity index (χ4n) is 4.66. The van der Waals surface area contributed by atoms with Gasteiger partial charge in [0.15, 0.2) is 0 Å². The number of para-hydroxylation sites is 1. The SMILES string of the molecule is COc1ccccc1-c1noc(CCC(=O)NC[C@@H]2CCCN3CCCC[C@H]23)n1. The van der Waals surface area contributed by atoms with Crippen LogP contribution in [0.2, 0.25) is 0 Å². The van der Waals surface area contributed by atoms with E-state index < -0.39 is 0 Å². The standard InChI is InChI=1S/C22H30N4O3/c1-28-19-10-3-2-8-17(19)22-24-21(29-25-22)12-11-20(27)23-15-16-7-6-14-26-13-5-4-9-18(16)26/h2-3,8,10,16,18H,4-7,9,11-15H2,1H3,(H,23,27)/t16-,18+/m0/s1. The van der Waals surface area contributed by atoms with E-state index in [-0.39, 0.29) is 5.91 Å². The minimum atomic E-state index is 0.0509. The number of piperidine rings is 2. The molecule has 1 amide bonds.